The second-order valence-electron chi connectivity index (χ2n) is 5.53. The van der Waals surface area contributed by atoms with Crippen molar-refractivity contribution < 1.29 is 19.4 Å². The first-order chi connectivity index (χ1) is 10.5. The minimum atomic E-state index is -0.908. The lowest BCUT2D eigenvalue weighted by atomic mass is 9.92. The van der Waals surface area contributed by atoms with E-state index < -0.39 is 12.0 Å². The van der Waals surface area contributed by atoms with Crippen LogP contribution in [0.3, 0.4) is 0 Å². The zero-order chi connectivity index (χ0) is 16.1. The lowest BCUT2D eigenvalue weighted by Crippen LogP contribution is -2.50. The van der Waals surface area contributed by atoms with E-state index in [4.69, 9.17) is 4.74 Å². The van der Waals surface area contributed by atoms with Crippen molar-refractivity contribution in [3.8, 4) is 5.75 Å². The molecule has 2 rings (SSSR count). The van der Waals surface area contributed by atoms with E-state index >= 15 is 0 Å². The molecule has 0 saturated carbocycles. The van der Waals surface area contributed by atoms with Crippen molar-refractivity contribution in [2.45, 2.75) is 30.7 Å². The number of thioether (sulfide) groups is 1. The quantitative estimate of drug-likeness (QED) is 0.843. The van der Waals surface area contributed by atoms with E-state index in [9.17, 15) is 14.7 Å². The fourth-order valence-electron chi connectivity index (χ4n) is 2.57. The molecule has 1 heterocycles. The topological polar surface area (TPSA) is 66.8 Å². The smallest absolute Gasteiger partial charge is 0.326 e. The minimum Gasteiger partial charge on any atom is -0.497 e. The van der Waals surface area contributed by atoms with E-state index in [0.717, 1.165) is 17.1 Å². The van der Waals surface area contributed by atoms with Crippen molar-refractivity contribution in [1.29, 1.82) is 0 Å². The molecule has 6 heteroatoms. The van der Waals surface area contributed by atoms with Crippen molar-refractivity contribution in [2.75, 3.05) is 19.4 Å². The van der Waals surface area contributed by atoms with Crippen LogP contribution >= 0.6 is 11.8 Å². The molecule has 0 aromatic heterocycles. The van der Waals surface area contributed by atoms with Crippen LogP contribution in [0.1, 0.15) is 19.8 Å². The van der Waals surface area contributed by atoms with Gasteiger partial charge in [-0.3, -0.25) is 4.79 Å². The Kier molecular flexibility index (Phi) is 5.71. The predicted molar refractivity (Wildman–Crippen MR) is 85.3 cm³/mol. The van der Waals surface area contributed by atoms with E-state index in [2.05, 4.69) is 0 Å². The number of piperidine rings is 1. The van der Waals surface area contributed by atoms with Crippen molar-refractivity contribution in [1.82, 2.24) is 4.90 Å². The van der Waals surface area contributed by atoms with Gasteiger partial charge in [-0.15, -0.1) is 11.8 Å². The van der Waals surface area contributed by atoms with Gasteiger partial charge in [-0.05, 0) is 43.0 Å². The van der Waals surface area contributed by atoms with Crippen LogP contribution in [0, 0.1) is 5.92 Å². The highest BCUT2D eigenvalue weighted by Crippen LogP contribution is 2.26. The molecule has 1 saturated heterocycles. The third kappa shape index (κ3) is 4.16. The molecule has 1 aromatic carbocycles. The van der Waals surface area contributed by atoms with Gasteiger partial charge in [0.05, 0.1) is 12.9 Å². The number of carboxylic acids is 1. The molecule has 2 atom stereocenters. The van der Waals surface area contributed by atoms with Gasteiger partial charge in [0, 0.05) is 11.4 Å². The first kappa shape index (κ1) is 16.7. The molecular weight excluding hydrogens is 302 g/mol. The monoisotopic (exact) mass is 323 g/mol. The SMILES string of the molecule is COc1ccc(SCC(=O)N2CCC(C)CC2C(=O)O)cc1. The molecule has 1 fully saturated rings. The molecular formula is C16H21NO4S. The second-order valence-corrected chi connectivity index (χ2v) is 6.58. The standard InChI is InChI=1S/C16H21NO4S/c1-11-7-8-17(14(9-11)16(19)20)15(18)10-22-13-5-3-12(21-2)4-6-13/h3-6,11,14H,7-10H2,1-2H3,(H,19,20). The molecule has 0 bridgehead atoms. The van der Waals surface area contributed by atoms with E-state index in [1.165, 1.54) is 16.7 Å². The maximum atomic E-state index is 12.3. The molecule has 1 N–H and O–H groups in total. The van der Waals surface area contributed by atoms with E-state index in [-0.39, 0.29) is 11.7 Å². The van der Waals surface area contributed by atoms with Gasteiger partial charge >= 0.3 is 5.97 Å². The Morgan fingerprint density at radius 1 is 1.36 bits per heavy atom. The Hall–Kier alpha value is -1.69. The number of likely N-dealkylation sites (tertiary alicyclic amines) is 1. The van der Waals surface area contributed by atoms with Gasteiger partial charge in [-0.1, -0.05) is 6.92 Å². The largest absolute Gasteiger partial charge is 0.497 e. The van der Waals surface area contributed by atoms with Gasteiger partial charge in [-0.2, -0.15) is 0 Å². The second kappa shape index (κ2) is 7.54. The number of aliphatic carboxylic acids is 1. The maximum Gasteiger partial charge on any atom is 0.326 e. The van der Waals surface area contributed by atoms with Crippen LogP contribution in [-0.4, -0.2) is 47.3 Å². The summed E-state index contributed by atoms with van der Waals surface area (Å²) in [6.07, 6.45) is 1.40. The van der Waals surface area contributed by atoms with Crippen LogP contribution in [-0.2, 0) is 9.59 Å². The van der Waals surface area contributed by atoms with Gasteiger partial charge in [-0.25, -0.2) is 4.79 Å². The summed E-state index contributed by atoms with van der Waals surface area (Å²) in [7, 11) is 1.61. The highest BCUT2D eigenvalue weighted by Gasteiger charge is 2.34. The van der Waals surface area contributed by atoms with Gasteiger partial charge in [0.15, 0.2) is 0 Å². The van der Waals surface area contributed by atoms with Crippen LogP contribution in [0.5, 0.6) is 5.75 Å². The summed E-state index contributed by atoms with van der Waals surface area (Å²) in [4.78, 5) is 26.2. The fraction of sp³-hybridized carbons (Fsp3) is 0.500. The normalized spacial score (nSPS) is 21.5. The summed E-state index contributed by atoms with van der Waals surface area (Å²) >= 11 is 1.42. The Balaban J connectivity index is 1.93. The number of methoxy groups -OCH3 is 1. The molecule has 0 radical (unpaired) electrons. The van der Waals surface area contributed by atoms with Gasteiger partial charge in [0.25, 0.3) is 0 Å². The lowest BCUT2D eigenvalue weighted by molar-refractivity contribution is -0.151. The zero-order valence-electron chi connectivity index (χ0n) is 12.8. The van der Waals surface area contributed by atoms with Gasteiger partial charge < -0.3 is 14.7 Å². The van der Waals surface area contributed by atoms with Gasteiger partial charge in [0.1, 0.15) is 11.8 Å². The van der Waals surface area contributed by atoms with E-state index in [1.807, 2.05) is 31.2 Å². The molecule has 5 nitrogen and oxygen atoms in total. The summed E-state index contributed by atoms with van der Waals surface area (Å²) in [6.45, 7) is 2.56. The average molecular weight is 323 g/mol. The van der Waals surface area contributed by atoms with Crippen LogP contribution in [0.25, 0.3) is 0 Å². The third-order valence-corrected chi connectivity index (χ3v) is 4.89. The van der Waals surface area contributed by atoms with Crippen molar-refractivity contribution >= 4 is 23.6 Å². The Labute approximate surface area is 134 Å². The number of carboxylic acid groups (broad SMARTS) is 1. The number of amides is 1. The Morgan fingerprint density at radius 3 is 2.64 bits per heavy atom. The first-order valence-corrected chi connectivity index (χ1v) is 8.29. The number of benzene rings is 1. The molecule has 1 amide bonds. The Bertz CT molecular complexity index is 531. The van der Waals surface area contributed by atoms with Crippen molar-refractivity contribution in [2.24, 2.45) is 5.92 Å². The maximum absolute atomic E-state index is 12.3. The number of rotatable bonds is 5. The number of carbonyl (C=O) groups is 2. The van der Waals surface area contributed by atoms with Gasteiger partial charge in [0.2, 0.25) is 5.91 Å². The van der Waals surface area contributed by atoms with Crippen LogP contribution in [0.2, 0.25) is 0 Å². The highest BCUT2D eigenvalue weighted by molar-refractivity contribution is 8.00. The van der Waals surface area contributed by atoms with E-state index in [0.29, 0.717) is 18.9 Å². The number of ether oxygens (including phenoxy) is 1. The summed E-state index contributed by atoms with van der Waals surface area (Å²) in [5, 5.41) is 9.30. The third-order valence-electron chi connectivity index (χ3n) is 3.89. The summed E-state index contributed by atoms with van der Waals surface area (Å²) < 4.78 is 5.09. The number of hydrogen-bond donors (Lipinski definition) is 1. The minimum absolute atomic E-state index is 0.111. The molecule has 2 unspecified atom stereocenters. The average Bonchev–Trinajstić information content (AvgIpc) is 2.53. The van der Waals surface area contributed by atoms with Crippen LogP contribution in [0.4, 0.5) is 0 Å². The number of carbonyl (C=O) groups excluding carboxylic acids is 1. The van der Waals surface area contributed by atoms with E-state index in [1.54, 1.807) is 7.11 Å². The molecule has 1 aliphatic heterocycles. The molecule has 1 aromatic rings. The van der Waals surface area contributed by atoms with Crippen LogP contribution < -0.4 is 4.74 Å². The number of nitrogens with zero attached hydrogens (tertiary/aromatic N) is 1. The number of hydrogen-bond acceptors (Lipinski definition) is 4. The highest BCUT2D eigenvalue weighted by atomic mass is 32.2. The van der Waals surface area contributed by atoms with Crippen molar-refractivity contribution in [3.63, 3.8) is 0 Å². The molecule has 22 heavy (non-hydrogen) atoms. The first-order valence-electron chi connectivity index (χ1n) is 7.30. The predicted octanol–water partition coefficient (Wildman–Crippen LogP) is 2.50. The lowest BCUT2D eigenvalue weighted by Gasteiger charge is -2.36. The molecule has 1 aliphatic rings. The Morgan fingerprint density at radius 2 is 2.05 bits per heavy atom. The molecule has 0 spiro atoms. The van der Waals surface area contributed by atoms with Crippen molar-refractivity contribution in [3.05, 3.63) is 24.3 Å². The fourth-order valence-corrected chi connectivity index (χ4v) is 3.36. The molecule has 0 aliphatic carbocycles. The summed E-state index contributed by atoms with van der Waals surface area (Å²) in [6, 6.07) is 6.78. The van der Waals surface area contributed by atoms with Crippen LogP contribution in [0.15, 0.2) is 29.2 Å². The summed E-state index contributed by atoms with van der Waals surface area (Å²) in [5.41, 5.74) is 0. The zero-order valence-corrected chi connectivity index (χ0v) is 13.6. The summed E-state index contributed by atoms with van der Waals surface area (Å²) in [5.74, 6) is 0.352. The molecule has 120 valence electrons.